The topological polar surface area (TPSA) is 46.6 Å². The zero-order valence-electron chi connectivity index (χ0n) is 12.1. The van der Waals surface area contributed by atoms with E-state index >= 15 is 0 Å². The van der Waals surface area contributed by atoms with Crippen molar-refractivity contribution >= 4 is 33.2 Å². The van der Waals surface area contributed by atoms with Gasteiger partial charge < -0.3 is 4.74 Å². The van der Waals surface area contributed by atoms with Crippen LogP contribution in [0.25, 0.3) is 0 Å². The van der Waals surface area contributed by atoms with Gasteiger partial charge in [-0.2, -0.15) is 4.31 Å². The molecule has 1 aliphatic rings. The summed E-state index contributed by atoms with van der Waals surface area (Å²) in [6.07, 6.45) is 3.62. The molecule has 21 heavy (non-hydrogen) atoms. The Morgan fingerprint density at radius 2 is 2.05 bits per heavy atom. The zero-order valence-corrected chi connectivity index (χ0v) is 14.4. The lowest BCUT2D eigenvalue weighted by Crippen LogP contribution is -2.43. The number of hydrogen-bond acceptors (Lipinski definition) is 3. The minimum Gasteiger partial charge on any atom is -0.494 e. The first kappa shape index (κ1) is 16.9. The molecule has 0 radical (unpaired) electrons. The van der Waals surface area contributed by atoms with Crippen molar-refractivity contribution in [2.24, 2.45) is 0 Å². The van der Waals surface area contributed by atoms with Crippen LogP contribution in [0.15, 0.2) is 17.0 Å². The van der Waals surface area contributed by atoms with E-state index in [1.165, 1.54) is 19.2 Å². The third-order valence-electron chi connectivity index (χ3n) is 3.85. The maximum Gasteiger partial charge on any atom is 0.247 e. The van der Waals surface area contributed by atoms with Crippen LogP contribution in [-0.4, -0.2) is 32.4 Å². The normalized spacial score (nSPS) is 20.5. The lowest BCUT2D eigenvalue weighted by atomic mass is 10.0. The fourth-order valence-electron chi connectivity index (χ4n) is 2.73. The van der Waals surface area contributed by atoms with E-state index in [-0.39, 0.29) is 26.7 Å². The molecule has 1 fully saturated rings. The second-order valence-electron chi connectivity index (χ2n) is 5.07. The van der Waals surface area contributed by atoms with Crippen LogP contribution in [0, 0.1) is 0 Å². The molecule has 1 atom stereocenters. The van der Waals surface area contributed by atoms with Crippen molar-refractivity contribution in [2.75, 3.05) is 13.7 Å². The lowest BCUT2D eigenvalue weighted by molar-refractivity contribution is 0.246. The van der Waals surface area contributed by atoms with Crippen molar-refractivity contribution in [3.63, 3.8) is 0 Å². The first-order valence-electron chi connectivity index (χ1n) is 6.97. The van der Waals surface area contributed by atoms with E-state index in [2.05, 4.69) is 0 Å². The third kappa shape index (κ3) is 3.16. The highest BCUT2D eigenvalue weighted by molar-refractivity contribution is 7.89. The Hall–Kier alpha value is -0.490. The Bertz CT molecular complexity index is 619. The molecule has 0 N–H and O–H groups in total. The van der Waals surface area contributed by atoms with E-state index < -0.39 is 10.0 Å². The van der Waals surface area contributed by atoms with E-state index in [9.17, 15) is 8.42 Å². The number of rotatable bonds is 4. The first-order valence-corrected chi connectivity index (χ1v) is 9.17. The molecule has 0 amide bonds. The molecule has 0 aliphatic carbocycles. The van der Waals surface area contributed by atoms with Gasteiger partial charge in [0.05, 0.1) is 12.1 Å². The lowest BCUT2D eigenvalue weighted by Gasteiger charge is -2.34. The summed E-state index contributed by atoms with van der Waals surface area (Å²) >= 11 is 12.0. The van der Waals surface area contributed by atoms with Crippen molar-refractivity contribution in [3.05, 3.63) is 22.2 Å². The Kier molecular flexibility index (Phi) is 5.41. The number of hydrogen-bond donors (Lipinski definition) is 0. The molecule has 1 aromatic rings. The Labute approximate surface area is 136 Å². The van der Waals surface area contributed by atoms with Crippen LogP contribution in [0.1, 0.15) is 32.6 Å². The van der Waals surface area contributed by atoms with Crippen molar-refractivity contribution in [2.45, 2.75) is 43.5 Å². The highest BCUT2D eigenvalue weighted by atomic mass is 35.5. The van der Waals surface area contributed by atoms with Gasteiger partial charge in [0.1, 0.15) is 9.92 Å². The van der Waals surface area contributed by atoms with Gasteiger partial charge >= 0.3 is 0 Å². The van der Waals surface area contributed by atoms with Gasteiger partial charge in [-0.3, -0.25) is 0 Å². The molecule has 1 saturated heterocycles. The quantitative estimate of drug-likeness (QED) is 0.824. The summed E-state index contributed by atoms with van der Waals surface area (Å²) in [7, 11) is -2.25. The van der Waals surface area contributed by atoms with E-state index in [1.807, 2.05) is 6.92 Å². The number of nitrogens with zero attached hydrogens (tertiary/aromatic N) is 1. The monoisotopic (exact) mass is 351 g/mol. The summed E-state index contributed by atoms with van der Waals surface area (Å²) in [6, 6.07) is 2.98. The van der Waals surface area contributed by atoms with Crippen molar-refractivity contribution in [1.29, 1.82) is 0 Å². The average Bonchev–Trinajstić information content (AvgIpc) is 2.49. The van der Waals surface area contributed by atoms with Gasteiger partial charge in [-0.05, 0) is 31.4 Å². The fourth-order valence-corrected chi connectivity index (χ4v) is 5.11. The van der Waals surface area contributed by atoms with E-state index in [0.29, 0.717) is 6.54 Å². The van der Waals surface area contributed by atoms with Crippen LogP contribution >= 0.6 is 23.2 Å². The average molecular weight is 352 g/mol. The molecule has 2 rings (SSSR count). The standard InChI is InChI=1S/C14H19Cl2NO3S/c1-3-10-6-4-5-9-17(10)21(18,19)12-8-7-11(15)13(16)14(12)20-2/h7-8,10H,3-6,9H2,1-2H3/t10-/m1/s1. The Balaban J connectivity index is 2.51. The summed E-state index contributed by atoms with van der Waals surface area (Å²) in [5, 5.41) is 0.406. The summed E-state index contributed by atoms with van der Waals surface area (Å²) in [6.45, 7) is 2.54. The minimum absolute atomic E-state index is 0.0305. The van der Waals surface area contributed by atoms with E-state index in [1.54, 1.807) is 4.31 Å². The molecule has 118 valence electrons. The second-order valence-corrected chi connectivity index (χ2v) is 7.71. The van der Waals surface area contributed by atoms with Crippen LogP contribution in [0.4, 0.5) is 0 Å². The van der Waals surface area contributed by atoms with Crippen molar-refractivity contribution in [3.8, 4) is 5.75 Å². The van der Waals surface area contributed by atoms with Gasteiger partial charge in [-0.15, -0.1) is 0 Å². The summed E-state index contributed by atoms with van der Waals surface area (Å²) < 4.78 is 32.6. The highest BCUT2D eigenvalue weighted by Crippen LogP contribution is 2.39. The predicted octanol–water partition coefficient (Wildman–Crippen LogP) is 3.96. The number of methoxy groups -OCH3 is 1. The Morgan fingerprint density at radius 3 is 2.67 bits per heavy atom. The molecule has 0 unspecified atom stereocenters. The molecule has 0 bridgehead atoms. The van der Waals surface area contributed by atoms with Gasteiger partial charge in [0, 0.05) is 12.6 Å². The fraction of sp³-hybridized carbons (Fsp3) is 0.571. The SMILES string of the molecule is CC[C@@H]1CCCCN1S(=O)(=O)c1ccc(Cl)c(Cl)c1OC. The molecule has 7 heteroatoms. The molecule has 1 aliphatic heterocycles. The van der Waals surface area contributed by atoms with Crippen molar-refractivity contribution < 1.29 is 13.2 Å². The maximum absolute atomic E-state index is 12.9. The Morgan fingerprint density at radius 1 is 1.33 bits per heavy atom. The second kappa shape index (κ2) is 6.73. The molecule has 4 nitrogen and oxygen atoms in total. The van der Waals surface area contributed by atoms with Gasteiger partial charge in [0.15, 0.2) is 5.75 Å². The smallest absolute Gasteiger partial charge is 0.247 e. The van der Waals surface area contributed by atoms with Gasteiger partial charge in [-0.25, -0.2) is 8.42 Å². The van der Waals surface area contributed by atoms with Crippen LogP contribution in [0.5, 0.6) is 5.75 Å². The largest absolute Gasteiger partial charge is 0.494 e. The van der Waals surface area contributed by atoms with Crippen LogP contribution in [0.3, 0.4) is 0 Å². The first-order chi connectivity index (χ1) is 9.93. The number of piperidine rings is 1. The van der Waals surface area contributed by atoms with Crippen LogP contribution in [-0.2, 0) is 10.0 Å². The number of halogens is 2. The zero-order chi connectivity index (χ0) is 15.6. The summed E-state index contributed by atoms with van der Waals surface area (Å²) in [5.74, 6) is 0.115. The van der Waals surface area contributed by atoms with E-state index in [4.69, 9.17) is 27.9 Å². The predicted molar refractivity (Wildman–Crippen MR) is 84.8 cm³/mol. The minimum atomic E-state index is -3.64. The molecular formula is C14H19Cl2NO3S. The molecule has 0 saturated carbocycles. The number of benzene rings is 1. The summed E-state index contributed by atoms with van der Waals surface area (Å²) in [4.78, 5) is 0.0831. The van der Waals surface area contributed by atoms with E-state index in [0.717, 1.165) is 25.7 Å². The molecule has 1 heterocycles. The highest BCUT2D eigenvalue weighted by Gasteiger charge is 2.35. The van der Waals surface area contributed by atoms with Gasteiger partial charge in [-0.1, -0.05) is 36.5 Å². The maximum atomic E-state index is 12.9. The third-order valence-corrected chi connectivity index (χ3v) is 6.61. The van der Waals surface area contributed by atoms with Gasteiger partial charge in [0.25, 0.3) is 0 Å². The molecule has 0 aromatic heterocycles. The number of sulfonamides is 1. The molecule has 1 aromatic carbocycles. The van der Waals surface area contributed by atoms with Crippen molar-refractivity contribution in [1.82, 2.24) is 4.31 Å². The van der Waals surface area contributed by atoms with Crippen LogP contribution < -0.4 is 4.74 Å². The number of ether oxygens (including phenoxy) is 1. The van der Waals surface area contributed by atoms with Crippen LogP contribution in [0.2, 0.25) is 10.0 Å². The summed E-state index contributed by atoms with van der Waals surface area (Å²) in [5.41, 5.74) is 0. The molecular weight excluding hydrogens is 333 g/mol. The van der Waals surface area contributed by atoms with Gasteiger partial charge in [0.2, 0.25) is 10.0 Å². The molecule has 0 spiro atoms.